The van der Waals surface area contributed by atoms with Crippen LogP contribution in [0.15, 0.2) is 22.7 Å². The van der Waals surface area contributed by atoms with E-state index in [-0.39, 0.29) is 0 Å². The monoisotopic (exact) mass is 328 g/mol. The maximum Gasteiger partial charge on any atom is 0.298 e. The minimum absolute atomic E-state index is 0.547. The summed E-state index contributed by atoms with van der Waals surface area (Å²) in [5, 5.41) is 0.547. The number of hydrogen-bond donors (Lipinski definition) is 0. The molecule has 18 heavy (non-hydrogen) atoms. The lowest BCUT2D eigenvalue weighted by atomic mass is 10.2. The largest absolute Gasteiger partial charge is 0.429 e. The lowest BCUT2D eigenvalue weighted by Crippen LogP contribution is -1.96. The number of halogens is 1. The summed E-state index contributed by atoms with van der Waals surface area (Å²) < 4.78 is 15.8. The molecule has 0 unspecified atom stereocenters. The standard InChI is InChI=1S/C12H13BrN2O2S/c1-8-3-4-10(9(13)7-8)17-12-14-11(15-18-12)5-6-16-2/h3-4,7H,5-6H2,1-2H3. The lowest BCUT2D eigenvalue weighted by Gasteiger charge is -2.04. The molecule has 6 heteroatoms. The van der Waals surface area contributed by atoms with Crippen LogP contribution in [0.2, 0.25) is 0 Å². The van der Waals surface area contributed by atoms with Gasteiger partial charge in [0.1, 0.15) is 11.6 Å². The summed E-state index contributed by atoms with van der Waals surface area (Å²) in [5.41, 5.74) is 1.17. The van der Waals surface area contributed by atoms with Crippen LogP contribution in [-0.4, -0.2) is 23.1 Å². The molecule has 0 fully saturated rings. The normalized spacial score (nSPS) is 10.6. The molecule has 0 N–H and O–H groups in total. The highest BCUT2D eigenvalue weighted by molar-refractivity contribution is 9.10. The third-order valence-electron chi connectivity index (χ3n) is 2.26. The van der Waals surface area contributed by atoms with Crippen molar-refractivity contribution in [2.75, 3.05) is 13.7 Å². The van der Waals surface area contributed by atoms with Gasteiger partial charge in [0.05, 0.1) is 11.1 Å². The maximum absolute atomic E-state index is 5.68. The molecule has 4 nitrogen and oxygen atoms in total. The fourth-order valence-corrected chi connectivity index (χ4v) is 2.52. The number of rotatable bonds is 5. The Balaban J connectivity index is 2.06. The van der Waals surface area contributed by atoms with Gasteiger partial charge < -0.3 is 9.47 Å². The maximum atomic E-state index is 5.68. The summed E-state index contributed by atoms with van der Waals surface area (Å²) in [6.07, 6.45) is 0.700. The van der Waals surface area contributed by atoms with Gasteiger partial charge in [0.25, 0.3) is 5.19 Å². The first-order valence-corrected chi connectivity index (χ1v) is 7.01. The van der Waals surface area contributed by atoms with Gasteiger partial charge in [-0.15, -0.1) is 0 Å². The number of methoxy groups -OCH3 is 1. The highest BCUT2D eigenvalue weighted by Crippen LogP contribution is 2.31. The van der Waals surface area contributed by atoms with Gasteiger partial charge in [0.15, 0.2) is 0 Å². The van der Waals surface area contributed by atoms with Gasteiger partial charge in [-0.05, 0) is 40.5 Å². The Morgan fingerprint density at radius 2 is 2.22 bits per heavy atom. The Kier molecular flexibility index (Phi) is 4.68. The third-order valence-corrected chi connectivity index (χ3v) is 3.52. The first-order valence-electron chi connectivity index (χ1n) is 5.44. The molecular weight excluding hydrogens is 316 g/mol. The van der Waals surface area contributed by atoms with Crippen LogP contribution in [0.25, 0.3) is 0 Å². The first-order chi connectivity index (χ1) is 8.69. The van der Waals surface area contributed by atoms with Crippen molar-refractivity contribution in [3.8, 4) is 10.9 Å². The first kappa shape index (κ1) is 13.5. The Hall–Kier alpha value is -0.980. The van der Waals surface area contributed by atoms with Crippen LogP contribution in [0, 0.1) is 6.92 Å². The van der Waals surface area contributed by atoms with Crippen molar-refractivity contribution in [3.05, 3.63) is 34.1 Å². The van der Waals surface area contributed by atoms with Crippen LogP contribution in [0.4, 0.5) is 0 Å². The van der Waals surface area contributed by atoms with E-state index in [9.17, 15) is 0 Å². The van der Waals surface area contributed by atoms with Crippen LogP contribution in [-0.2, 0) is 11.2 Å². The second-order valence-electron chi connectivity index (χ2n) is 3.76. The highest BCUT2D eigenvalue weighted by Gasteiger charge is 2.08. The Morgan fingerprint density at radius 3 is 2.94 bits per heavy atom. The molecule has 0 bridgehead atoms. The Labute approximate surface area is 118 Å². The molecule has 1 heterocycles. The lowest BCUT2D eigenvalue weighted by molar-refractivity contribution is 0.200. The van der Waals surface area contributed by atoms with E-state index in [0.29, 0.717) is 18.2 Å². The van der Waals surface area contributed by atoms with Gasteiger partial charge in [-0.2, -0.15) is 9.36 Å². The summed E-state index contributed by atoms with van der Waals surface area (Å²) in [7, 11) is 1.66. The molecule has 2 aromatic rings. The number of aromatic nitrogens is 2. The molecule has 0 radical (unpaired) electrons. The molecule has 0 amide bonds. The second kappa shape index (κ2) is 6.26. The van der Waals surface area contributed by atoms with E-state index in [1.807, 2.05) is 25.1 Å². The number of hydrogen-bond acceptors (Lipinski definition) is 5. The molecule has 96 valence electrons. The van der Waals surface area contributed by atoms with Gasteiger partial charge in [0, 0.05) is 25.1 Å². The van der Waals surface area contributed by atoms with Gasteiger partial charge >= 0.3 is 0 Å². The molecule has 1 aromatic heterocycles. The van der Waals surface area contributed by atoms with Crippen molar-refractivity contribution in [3.63, 3.8) is 0 Å². The molecule has 0 aliphatic heterocycles. The highest BCUT2D eigenvalue weighted by atomic mass is 79.9. The summed E-state index contributed by atoms with van der Waals surface area (Å²) in [5.74, 6) is 1.50. The van der Waals surface area contributed by atoms with Gasteiger partial charge in [-0.25, -0.2) is 0 Å². The number of aryl methyl sites for hydroxylation is 1. The van der Waals surface area contributed by atoms with E-state index in [1.165, 1.54) is 17.1 Å². The summed E-state index contributed by atoms with van der Waals surface area (Å²) in [4.78, 5) is 4.29. The molecule has 0 atom stereocenters. The van der Waals surface area contributed by atoms with Gasteiger partial charge in [0.2, 0.25) is 0 Å². The summed E-state index contributed by atoms with van der Waals surface area (Å²) in [6.45, 7) is 2.65. The molecule has 0 aliphatic rings. The minimum Gasteiger partial charge on any atom is -0.429 e. The molecule has 2 rings (SSSR count). The van der Waals surface area contributed by atoms with Gasteiger partial charge in [-0.1, -0.05) is 6.07 Å². The average Bonchev–Trinajstić information content (AvgIpc) is 2.78. The van der Waals surface area contributed by atoms with Gasteiger partial charge in [-0.3, -0.25) is 0 Å². The van der Waals surface area contributed by atoms with Crippen LogP contribution in [0.3, 0.4) is 0 Å². The van der Waals surface area contributed by atoms with Crippen LogP contribution >= 0.6 is 27.5 Å². The van der Waals surface area contributed by atoms with E-state index in [4.69, 9.17) is 9.47 Å². The predicted molar refractivity (Wildman–Crippen MR) is 74.4 cm³/mol. The van der Waals surface area contributed by atoms with Crippen LogP contribution < -0.4 is 4.74 Å². The number of nitrogens with zero attached hydrogens (tertiary/aromatic N) is 2. The molecule has 0 saturated heterocycles. The number of ether oxygens (including phenoxy) is 2. The van der Waals surface area contributed by atoms with Crippen molar-refractivity contribution in [2.24, 2.45) is 0 Å². The molecule has 0 saturated carbocycles. The van der Waals surface area contributed by atoms with Crippen LogP contribution in [0.1, 0.15) is 11.4 Å². The zero-order valence-electron chi connectivity index (χ0n) is 10.1. The average molecular weight is 329 g/mol. The summed E-state index contributed by atoms with van der Waals surface area (Å²) in [6, 6.07) is 5.91. The van der Waals surface area contributed by atoms with Crippen molar-refractivity contribution >= 4 is 27.5 Å². The third kappa shape index (κ3) is 3.51. The Morgan fingerprint density at radius 1 is 1.39 bits per heavy atom. The molecule has 0 aliphatic carbocycles. The SMILES string of the molecule is COCCc1nsc(Oc2ccc(C)cc2Br)n1. The zero-order chi connectivity index (χ0) is 13.0. The van der Waals surface area contributed by atoms with E-state index < -0.39 is 0 Å². The van der Waals surface area contributed by atoms with E-state index in [1.54, 1.807) is 7.11 Å². The minimum atomic E-state index is 0.547. The van der Waals surface area contributed by atoms with E-state index in [0.717, 1.165) is 16.0 Å². The quantitative estimate of drug-likeness (QED) is 0.841. The van der Waals surface area contributed by atoms with Crippen molar-refractivity contribution in [2.45, 2.75) is 13.3 Å². The fourth-order valence-electron chi connectivity index (χ4n) is 1.36. The molecule has 1 aromatic carbocycles. The topological polar surface area (TPSA) is 44.2 Å². The molecule has 0 spiro atoms. The predicted octanol–water partition coefficient (Wildman–Crippen LogP) is 3.59. The van der Waals surface area contributed by atoms with E-state index in [2.05, 4.69) is 25.3 Å². The van der Waals surface area contributed by atoms with Crippen molar-refractivity contribution in [1.29, 1.82) is 0 Å². The smallest absolute Gasteiger partial charge is 0.298 e. The zero-order valence-corrected chi connectivity index (χ0v) is 12.5. The molecular formula is C12H13BrN2O2S. The Bertz CT molecular complexity index is 531. The van der Waals surface area contributed by atoms with Crippen molar-refractivity contribution in [1.82, 2.24) is 9.36 Å². The van der Waals surface area contributed by atoms with Crippen molar-refractivity contribution < 1.29 is 9.47 Å². The fraction of sp³-hybridized carbons (Fsp3) is 0.333. The number of benzene rings is 1. The summed E-state index contributed by atoms with van der Waals surface area (Å²) >= 11 is 4.71. The van der Waals surface area contributed by atoms with E-state index >= 15 is 0 Å². The second-order valence-corrected chi connectivity index (χ2v) is 5.32. The van der Waals surface area contributed by atoms with Crippen LogP contribution in [0.5, 0.6) is 10.9 Å².